The van der Waals surface area contributed by atoms with Crippen LogP contribution in [0.3, 0.4) is 0 Å². The number of hydrogen-bond donors (Lipinski definition) is 0. The molecule has 3 rings (SSSR count). The van der Waals surface area contributed by atoms with E-state index in [4.69, 9.17) is 4.74 Å². The van der Waals surface area contributed by atoms with Crippen LogP contribution in [0.15, 0.2) is 36.4 Å². The Hall–Kier alpha value is -2.42. The largest absolute Gasteiger partial charge is 0.493 e. The Bertz CT molecular complexity index is 686. The molecule has 1 aliphatic rings. The van der Waals surface area contributed by atoms with E-state index in [1.54, 1.807) is 36.4 Å². The van der Waals surface area contributed by atoms with Gasteiger partial charge in [0.25, 0.3) is 0 Å². The van der Waals surface area contributed by atoms with Crippen LogP contribution in [0.5, 0.6) is 5.75 Å². The van der Waals surface area contributed by atoms with Crippen molar-refractivity contribution in [3.63, 3.8) is 0 Å². The summed E-state index contributed by atoms with van der Waals surface area (Å²) in [5.41, 5.74) is 1.60. The lowest BCUT2D eigenvalue weighted by Gasteiger charge is -2.19. The summed E-state index contributed by atoms with van der Waals surface area (Å²) < 4.78 is 5.45. The second-order valence-electron chi connectivity index (χ2n) is 4.24. The minimum atomic E-state index is -0.175. The minimum absolute atomic E-state index is 0.139. The third kappa shape index (κ3) is 1.66. The van der Waals surface area contributed by atoms with E-state index in [1.165, 1.54) is 0 Å². The van der Waals surface area contributed by atoms with Gasteiger partial charge in [0.1, 0.15) is 5.75 Å². The fraction of sp³-hybridized carbons (Fsp3) is 0.125. The Kier molecular flexibility index (Phi) is 2.67. The molecule has 0 amide bonds. The van der Waals surface area contributed by atoms with Crippen molar-refractivity contribution in [1.29, 1.82) is 0 Å². The first-order chi connectivity index (χ1) is 9.24. The van der Waals surface area contributed by atoms with Crippen LogP contribution in [0.4, 0.5) is 0 Å². The number of carbonyl (C=O) groups is 2. The third-order valence-corrected chi connectivity index (χ3v) is 3.15. The van der Waals surface area contributed by atoms with Gasteiger partial charge in [0, 0.05) is 16.7 Å². The van der Waals surface area contributed by atoms with Crippen LogP contribution in [0.25, 0.3) is 0 Å². The van der Waals surface area contributed by atoms with E-state index in [-0.39, 0.29) is 11.6 Å². The van der Waals surface area contributed by atoms with Crippen molar-refractivity contribution in [2.45, 2.75) is 6.92 Å². The smallest absolute Gasteiger partial charge is 0.198 e. The summed E-state index contributed by atoms with van der Waals surface area (Å²) in [6, 6.07) is 12.8. The molecule has 2 aromatic carbocycles. The van der Waals surface area contributed by atoms with Crippen LogP contribution in [-0.4, -0.2) is 18.2 Å². The van der Waals surface area contributed by atoms with Crippen LogP contribution in [0.1, 0.15) is 38.8 Å². The summed E-state index contributed by atoms with van der Waals surface area (Å²) in [5.74, 6) is 0.151. The lowest BCUT2D eigenvalue weighted by atomic mass is 9.84. The highest BCUT2D eigenvalue weighted by molar-refractivity contribution is 6.29. The SMILES string of the molecule is CCOc1cccc2c1C(=O)c1c[c]ccc1C2=O. The lowest BCUT2D eigenvalue weighted by molar-refractivity contribution is 0.0976. The van der Waals surface area contributed by atoms with Crippen LogP contribution < -0.4 is 4.74 Å². The van der Waals surface area contributed by atoms with Crippen molar-refractivity contribution in [3.8, 4) is 5.75 Å². The molecule has 3 heteroatoms. The average molecular weight is 251 g/mol. The van der Waals surface area contributed by atoms with Crippen molar-refractivity contribution in [1.82, 2.24) is 0 Å². The van der Waals surface area contributed by atoms with E-state index in [9.17, 15) is 9.59 Å². The van der Waals surface area contributed by atoms with Gasteiger partial charge in [-0.25, -0.2) is 0 Å². The molecule has 0 spiro atoms. The molecule has 0 bridgehead atoms. The highest BCUT2D eigenvalue weighted by atomic mass is 16.5. The quantitative estimate of drug-likeness (QED) is 0.703. The fourth-order valence-corrected chi connectivity index (χ4v) is 2.33. The van der Waals surface area contributed by atoms with Gasteiger partial charge in [-0.05, 0) is 31.2 Å². The average Bonchev–Trinajstić information content (AvgIpc) is 2.45. The number of carbonyl (C=O) groups excluding carboxylic acids is 2. The first kappa shape index (κ1) is 11.7. The van der Waals surface area contributed by atoms with Gasteiger partial charge in [-0.2, -0.15) is 0 Å². The number of hydrogen-bond acceptors (Lipinski definition) is 3. The molecule has 0 N–H and O–H groups in total. The van der Waals surface area contributed by atoms with Crippen molar-refractivity contribution < 1.29 is 14.3 Å². The van der Waals surface area contributed by atoms with Gasteiger partial charge in [0.05, 0.1) is 12.2 Å². The zero-order chi connectivity index (χ0) is 13.4. The third-order valence-electron chi connectivity index (χ3n) is 3.15. The molecule has 0 unspecified atom stereocenters. The van der Waals surface area contributed by atoms with Gasteiger partial charge in [0.2, 0.25) is 0 Å². The molecule has 0 saturated carbocycles. The number of ketones is 2. The second-order valence-corrected chi connectivity index (χ2v) is 4.24. The van der Waals surface area contributed by atoms with E-state index in [0.29, 0.717) is 34.6 Å². The van der Waals surface area contributed by atoms with Gasteiger partial charge >= 0.3 is 0 Å². The molecule has 0 saturated heterocycles. The van der Waals surface area contributed by atoms with Gasteiger partial charge in [-0.3, -0.25) is 9.59 Å². The maximum atomic E-state index is 12.5. The minimum Gasteiger partial charge on any atom is -0.493 e. The van der Waals surface area contributed by atoms with Gasteiger partial charge in [-0.15, -0.1) is 0 Å². The molecular weight excluding hydrogens is 240 g/mol. The predicted octanol–water partition coefficient (Wildman–Crippen LogP) is 2.66. The first-order valence-corrected chi connectivity index (χ1v) is 6.09. The normalized spacial score (nSPS) is 12.9. The van der Waals surface area contributed by atoms with Gasteiger partial charge < -0.3 is 4.74 Å². The van der Waals surface area contributed by atoms with E-state index in [1.807, 2.05) is 6.92 Å². The molecule has 0 aromatic heterocycles. The van der Waals surface area contributed by atoms with E-state index in [2.05, 4.69) is 6.07 Å². The lowest BCUT2D eigenvalue weighted by Crippen LogP contribution is -2.21. The summed E-state index contributed by atoms with van der Waals surface area (Å²) in [5, 5.41) is 0. The zero-order valence-electron chi connectivity index (χ0n) is 10.4. The van der Waals surface area contributed by atoms with Gasteiger partial charge in [0.15, 0.2) is 11.6 Å². The first-order valence-electron chi connectivity index (χ1n) is 6.09. The maximum Gasteiger partial charge on any atom is 0.198 e. The Morgan fingerprint density at radius 3 is 2.68 bits per heavy atom. The van der Waals surface area contributed by atoms with Gasteiger partial charge in [-0.1, -0.05) is 18.2 Å². The number of fused-ring (bicyclic) bond motifs is 2. The van der Waals surface area contributed by atoms with Crippen LogP contribution in [0.2, 0.25) is 0 Å². The fourth-order valence-electron chi connectivity index (χ4n) is 2.33. The highest BCUT2D eigenvalue weighted by Gasteiger charge is 2.31. The van der Waals surface area contributed by atoms with Crippen LogP contribution >= 0.6 is 0 Å². The summed E-state index contributed by atoms with van der Waals surface area (Å²) >= 11 is 0. The van der Waals surface area contributed by atoms with E-state index >= 15 is 0 Å². The Balaban J connectivity index is 2.27. The molecular formula is C16H11O3. The number of rotatable bonds is 2. The topological polar surface area (TPSA) is 43.4 Å². The monoisotopic (exact) mass is 251 g/mol. The van der Waals surface area contributed by atoms with Crippen molar-refractivity contribution in [3.05, 3.63) is 64.7 Å². The number of ether oxygens (including phenoxy) is 1. The molecule has 19 heavy (non-hydrogen) atoms. The summed E-state index contributed by atoms with van der Waals surface area (Å²) in [6.45, 7) is 2.29. The number of benzene rings is 2. The van der Waals surface area contributed by atoms with Crippen LogP contribution in [0, 0.1) is 6.07 Å². The van der Waals surface area contributed by atoms with Crippen molar-refractivity contribution in [2.24, 2.45) is 0 Å². The Morgan fingerprint density at radius 1 is 1.05 bits per heavy atom. The molecule has 1 aliphatic carbocycles. The molecule has 0 aliphatic heterocycles. The maximum absolute atomic E-state index is 12.5. The summed E-state index contributed by atoms with van der Waals surface area (Å²) in [6.07, 6.45) is 0. The molecule has 3 nitrogen and oxygen atoms in total. The highest BCUT2D eigenvalue weighted by Crippen LogP contribution is 2.32. The zero-order valence-corrected chi connectivity index (χ0v) is 10.4. The molecule has 0 atom stereocenters. The second kappa shape index (κ2) is 4.35. The van der Waals surface area contributed by atoms with E-state index in [0.717, 1.165) is 0 Å². The van der Waals surface area contributed by atoms with Crippen molar-refractivity contribution in [2.75, 3.05) is 6.61 Å². The molecule has 2 aromatic rings. The molecule has 93 valence electrons. The van der Waals surface area contributed by atoms with Crippen molar-refractivity contribution >= 4 is 11.6 Å². The summed E-state index contributed by atoms with van der Waals surface area (Å²) in [4.78, 5) is 24.9. The molecule has 0 fully saturated rings. The molecule has 0 heterocycles. The summed E-state index contributed by atoms with van der Waals surface area (Å²) in [7, 11) is 0. The molecule has 1 radical (unpaired) electrons. The standard InChI is InChI=1S/C16H11O3/c1-2-19-13-9-5-8-12-14(13)16(18)11-7-4-3-6-10(11)15(12)17/h3,5-9H,2H2,1H3. The Morgan fingerprint density at radius 2 is 1.89 bits per heavy atom. The van der Waals surface area contributed by atoms with E-state index < -0.39 is 0 Å². The predicted molar refractivity (Wildman–Crippen MR) is 69.8 cm³/mol. The van der Waals surface area contributed by atoms with Crippen LogP contribution in [-0.2, 0) is 0 Å². The Labute approximate surface area is 110 Å².